The summed E-state index contributed by atoms with van der Waals surface area (Å²) in [6.07, 6.45) is 0.180. The van der Waals surface area contributed by atoms with Crippen molar-refractivity contribution in [3.8, 4) is 16.9 Å². The van der Waals surface area contributed by atoms with Crippen LogP contribution in [-0.2, 0) is 15.0 Å². The van der Waals surface area contributed by atoms with Crippen LogP contribution in [0.3, 0.4) is 0 Å². The first-order valence-corrected chi connectivity index (χ1v) is 13.1. The van der Waals surface area contributed by atoms with Crippen molar-refractivity contribution in [1.29, 1.82) is 0 Å². The molecule has 1 amide bonds. The Balaban J connectivity index is 1.79. The van der Waals surface area contributed by atoms with E-state index < -0.39 is 27.4 Å². The van der Waals surface area contributed by atoms with Crippen LogP contribution >= 0.6 is 0 Å². The first-order chi connectivity index (χ1) is 19.5. The molecule has 41 heavy (non-hydrogen) atoms. The smallest absolute Gasteiger partial charge is 0.269 e. The highest BCUT2D eigenvalue weighted by molar-refractivity contribution is 6.19. The van der Waals surface area contributed by atoms with E-state index in [-0.39, 0.29) is 52.5 Å². The maximum Gasteiger partial charge on any atom is 0.269 e. The number of nitrogens with one attached hydrogen (secondary N) is 1. The Morgan fingerprint density at radius 2 is 1.66 bits per heavy atom. The fraction of sp³-hybridized carbons (Fsp3) is 0.194. The molecule has 3 aromatic carbocycles. The highest BCUT2D eigenvalue weighted by atomic mass is 16.6. The lowest BCUT2D eigenvalue weighted by Crippen LogP contribution is -2.44. The number of benzene rings is 3. The standard InChI is InChI=1S/C31H27N5O5/c1-30(2)16-23(37)25(24(38)17-30)31(21-15-20(36(40)41)13-14-22(21)33-29(31)39)26-27(18-9-5-3-6-10-18)34-35(28(26)32)19-11-7-4-8-12-19/h3-15,37H,16-17,32H2,1-2H3,(H,33,39). The van der Waals surface area contributed by atoms with Gasteiger partial charge in [-0.05, 0) is 23.6 Å². The molecule has 10 nitrogen and oxygen atoms in total. The zero-order chi connectivity index (χ0) is 29.1. The molecule has 6 rings (SSSR count). The van der Waals surface area contributed by atoms with Gasteiger partial charge in [0.05, 0.1) is 21.9 Å². The van der Waals surface area contributed by atoms with Gasteiger partial charge >= 0.3 is 0 Å². The van der Waals surface area contributed by atoms with Crippen molar-refractivity contribution in [2.24, 2.45) is 5.41 Å². The number of carbonyl (C=O) groups is 2. The van der Waals surface area contributed by atoms with Crippen molar-refractivity contribution in [3.63, 3.8) is 0 Å². The van der Waals surface area contributed by atoms with Gasteiger partial charge in [0.2, 0.25) is 5.91 Å². The average molecular weight is 550 g/mol. The van der Waals surface area contributed by atoms with Crippen molar-refractivity contribution in [1.82, 2.24) is 9.78 Å². The molecule has 1 unspecified atom stereocenters. The van der Waals surface area contributed by atoms with Crippen LogP contribution in [0, 0.1) is 15.5 Å². The second-order valence-corrected chi connectivity index (χ2v) is 11.2. The van der Waals surface area contributed by atoms with Crippen LogP contribution in [0.1, 0.15) is 37.8 Å². The van der Waals surface area contributed by atoms with Crippen molar-refractivity contribution in [2.45, 2.75) is 32.1 Å². The van der Waals surface area contributed by atoms with E-state index in [0.717, 1.165) is 0 Å². The fourth-order valence-corrected chi connectivity index (χ4v) is 6.10. The first kappa shape index (κ1) is 26.0. The normalized spacial score (nSPS) is 19.7. The van der Waals surface area contributed by atoms with Gasteiger partial charge in [-0.2, -0.15) is 5.10 Å². The molecule has 0 bridgehead atoms. The van der Waals surface area contributed by atoms with E-state index in [4.69, 9.17) is 10.8 Å². The molecule has 1 aliphatic carbocycles. The van der Waals surface area contributed by atoms with Crippen LogP contribution in [0.2, 0.25) is 0 Å². The summed E-state index contributed by atoms with van der Waals surface area (Å²) in [4.78, 5) is 39.7. The van der Waals surface area contributed by atoms with E-state index in [1.165, 1.54) is 22.9 Å². The Bertz CT molecular complexity index is 1780. The van der Waals surface area contributed by atoms with E-state index in [1.54, 1.807) is 24.3 Å². The third-order valence-corrected chi connectivity index (χ3v) is 7.78. The molecule has 0 saturated carbocycles. The minimum Gasteiger partial charge on any atom is -0.512 e. The van der Waals surface area contributed by atoms with Crippen molar-refractivity contribution in [3.05, 3.63) is 111 Å². The number of Topliss-reactive ketones (excluding diaryl/α,β-unsaturated/α-hetero) is 1. The number of nitrogens with zero attached hydrogens (tertiary/aromatic N) is 3. The van der Waals surface area contributed by atoms with Gasteiger partial charge in [-0.1, -0.05) is 62.4 Å². The number of rotatable bonds is 5. The molecule has 4 aromatic rings. The van der Waals surface area contributed by atoms with E-state index in [1.807, 2.05) is 50.2 Å². The number of amides is 1. The molecule has 10 heteroatoms. The van der Waals surface area contributed by atoms with Crippen LogP contribution in [0.5, 0.6) is 0 Å². The molecule has 1 aromatic heterocycles. The summed E-state index contributed by atoms with van der Waals surface area (Å²) >= 11 is 0. The number of aliphatic hydroxyl groups is 1. The number of aliphatic hydroxyl groups excluding tert-OH is 1. The molecule has 1 aliphatic heterocycles. The Kier molecular flexibility index (Phi) is 5.81. The minimum absolute atomic E-state index is 0.0546. The number of aromatic nitrogens is 2. The first-order valence-electron chi connectivity index (χ1n) is 13.1. The molecule has 4 N–H and O–H groups in total. The molecule has 2 heterocycles. The Hall–Kier alpha value is -5.25. The van der Waals surface area contributed by atoms with E-state index >= 15 is 0 Å². The number of non-ortho nitro benzene ring substituents is 1. The Morgan fingerprint density at radius 1 is 1.00 bits per heavy atom. The van der Waals surface area contributed by atoms with Gasteiger partial charge in [0.1, 0.15) is 17.0 Å². The molecule has 2 aliphatic rings. The van der Waals surface area contributed by atoms with Crippen LogP contribution in [0.4, 0.5) is 17.2 Å². The molecular weight excluding hydrogens is 522 g/mol. The van der Waals surface area contributed by atoms with Crippen LogP contribution in [0.15, 0.2) is 90.2 Å². The van der Waals surface area contributed by atoms with Gasteiger partial charge in [0.25, 0.3) is 5.69 Å². The number of nitrogen functional groups attached to an aromatic ring is 1. The number of nitro groups is 1. The maximum absolute atomic E-state index is 14.4. The Morgan fingerprint density at radius 3 is 2.29 bits per heavy atom. The molecule has 0 radical (unpaired) electrons. The molecule has 1 atom stereocenters. The second kappa shape index (κ2) is 9.16. The summed E-state index contributed by atoms with van der Waals surface area (Å²) < 4.78 is 1.48. The van der Waals surface area contributed by atoms with Crippen LogP contribution in [0.25, 0.3) is 16.9 Å². The number of anilines is 2. The van der Waals surface area contributed by atoms with Gasteiger partial charge in [0.15, 0.2) is 5.78 Å². The summed E-state index contributed by atoms with van der Waals surface area (Å²) in [7, 11) is 0. The third kappa shape index (κ3) is 3.90. The number of nitro benzene ring substituents is 1. The van der Waals surface area contributed by atoms with Crippen LogP contribution < -0.4 is 11.1 Å². The fourth-order valence-electron chi connectivity index (χ4n) is 6.10. The predicted octanol–water partition coefficient (Wildman–Crippen LogP) is 5.47. The predicted molar refractivity (Wildman–Crippen MR) is 154 cm³/mol. The largest absolute Gasteiger partial charge is 0.512 e. The highest BCUT2D eigenvalue weighted by Gasteiger charge is 2.59. The van der Waals surface area contributed by atoms with Crippen molar-refractivity contribution in [2.75, 3.05) is 11.1 Å². The van der Waals surface area contributed by atoms with Gasteiger partial charge in [-0.25, -0.2) is 4.68 Å². The summed E-state index contributed by atoms with van der Waals surface area (Å²) in [5.74, 6) is -1.30. The van der Waals surface area contributed by atoms with Crippen molar-refractivity contribution < 1.29 is 19.6 Å². The minimum atomic E-state index is -2.01. The number of para-hydroxylation sites is 1. The number of allylic oxidation sites excluding steroid dienone is 1. The molecule has 206 valence electrons. The van der Waals surface area contributed by atoms with Gasteiger partial charge in [-0.3, -0.25) is 19.7 Å². The topological polar surface area (TPSA) is 153 Å². The molecule has 0 spiro atoms. The molecule has 0 fully saturated rings. The third-order valence-electron chi connectivity index (χ3n) is 7.78. The maximum atomic E-state index is 14.4. The summed E-state index contributed by atoms with van der Waals surface area (Å²) in [6.45, 7) is 3.71. The second-order valence-electron chi connectivity index (χ2n) is 11.2. The highest BCUT2D eigenvalue weighted by Crippen LogP contribution is 2.56. The van der Waals surface area contributed by atoms with Gasteiger partial charge in [-0.15, -0.1) is 0 Å². The summed E-state index contributed by atoms with van der Waals surface area (Å²) in [5, 5.41) is 31.1. The number of hydrogen-bond acceptors (Lipinski definition) is 7. The SMILES string of the molecule is CC1(C)CC(=O)C(C2(c3c(-c4ccccc4)nn(-c4ccccc4)c3N)C(=O)Nc3ccc([N+](=O)[O-])cc32)=C(O)C1. The lowest BCUT2D eigenvalue weighted by molar-refractivity contribution is -0.384. The van der Waals surface area contributed by atoms with Gasteiger partial charge < -0.3 is 16.2 Å². The van der Waals surface area contributed by atoms with Crippen molar-refractivity contribution >= 4 is 28.9 Å². The summed E-state index contributed by atoms with van der Waals surface area (Å²) in [5.41, 5.74) is 6.01. The number of carbonyl (C=O) groups excluding carboxylic acids is 2. The van der Waals surface area contributed by atoms with Gasteiger partial charge in [0, 0.05) is 47.4 Å². The lowest BCUT2D eigenvalue weighted by Gasteiger charge is -2.37. The number of fused-ring (bicyclic) bond motifs is 1. The number of hydrogen-bond donors (Lipinski definition) is 3. The summed E-state index contributed by atoms with van der Waals surface area (Å²) in [6, 6.07) is 22.1. The molecule has 0 saturated heterocycles. The Labute approximate surface area is 235 Å². The van der Waals surface area contributed by atoms with Crippen LogP contribution in [-0.4, -0.2) is 31.5 Å². The monoisotopic (exact) mass is 549 g/mol. The quantitative estimate of drug-likeness (QED) is 0.220. The number of nitrogens with two attached hydrogens (primary N) is 1. The van der Waals surface area contributed by atoms with E-state index in [9.17, 15) is 24.8 Å². The van der Waals surface area contributed by atoms with E-state index in [2.05, 4.69) is 5.32 Å². The zero-order valence-electron chi connectivity index (χ0n) is 22.4. The van der Waals surface area contributed by atoms with E-state index in [0.29, 0.717) is 16.9 Å². The zero-order valence-corrected chi connectivity index (χ0v) is 22.4. The lowest BCUT2D eigenvalue weighted by atomic mass is 9.62. The number of ketones is 1. The molecular formula is C31H27N5O5. The average Bonchev–Trinajstić information content (AvgIpc) is 3.42.